The fourth-order valence-electron chi connectivity index (χ4n) is 1.79. The van der Waals surface area contributed by atoms with Crippen molar-refractivity contribution < 1.29 is 46.6 Å². The van der Waals surface area contributed by atoms with E-state index in [1.54, 1.807) is 0 Å². The van der Waals surface area contributed by atoms with Gasteiger partial charge in [-0.25, -0.2) is 18.4 Å². The lowest BCUT2D eigenvalue weighted by Gasteiger charge is -2.18. The summed E-state index contributed by atoms with van der Waals surface area (Å²) in [4.78, 5) is 39.2. The van der Waals surface area contributed by atoms with Gasteiger partial charge in [-0.2, -0.15) is 13.9 Å². The average Bonchev–Trinajstić information content (AvgIpc) is 2.86. The van der Waals surface area contributed by atoms with Gasteiger partial charge in [0.15, 0.2) is 11.6 Å². The summed E-state index contributed by atoms with van der Waals surface area (Å²) in [6, 6.07) is 0. The predicted octanol–water partition coefficient (Wildman–Crippen LogP) is -0.582. The molecule has 16 nitrogen and oxygen atoms in total. The zero-order chi connectivity index (χ0) is 20.5. The number of nitrogens with zero attached hydrogens (tertiary/aromatic N) is 5. The van der Waals surface area contributed by atoms with E-state index in [0.29, 0.717) is 0 Å². The van der Waals surface area contributed by atoms with Crippen LogP contribution in [-0.4, -0.2) is 56.8 Å². The molecule has 19 heteroatoms. The van der Waals surface area contributed by atoms with Gasteiger partial charge in [0.25, 0.3) is 0 Å². The Morgan fingerprint density at radius 1 is 1.19 bits per heavy atom. The number of nitrogens with two attached hydrogens (primary N) is 1. The quantitative estimate of drug-likeness (QED) is 0.301. The molecule has 0 saturated heterocycles. The number of hydrogen-bond donors (Lipinski definition) is 5. The van der Waals surface area contributed by atoms with Crippen LogP contribution in [0.4, 0.5) is 5.82 Å². The third-order valence-electron chi connectivity index (χ3n) is 2.73. The van der Waals surface area contributed by atoms with Crippen molar-refractivity contribution in [3.63, 3.8) is 0 Å². The van der Waals surface area contributed by atoms with Crippen LogP contribution in [0.5, 0.6) is 0 Å². The minimum atomic E-state index is -5.50. The van der Waals surface area contributed by atoms with E-state index in [1.165, 1.54) is 17.8 Å². The van der Waals surface area contributed by atoms with Crippen LogP contribution in [0.2, 0.25) is 0 Å². The topological polar surface area (TPSA) is 242 Å². The molecular formula is C8H15N6O10P3. The Balaban J connectivity index is 1.96. The number of ether oxygens (including phenoxy) is 1. The summed E-state index contributed by atoms with van der Waals surface area (Å²) in [5, 5.41) is 11.5. The number of hydrogen-bond acceptors (Lipinski definition) is 11. The SMILES string of the molecule is C[C@H](Cc1nnc2c(N)ncnn12)OCP(=O)(O)OP(=O)(O)OP(=O)(O)O. The largest absolute Gasteiger partial charge is 0.488 e. The third-order valence-corrected chi connectivity index (χ3v) is 6.73. The summed E-state index contributed by atoms with van der Waals surface area (Å²) >= 11 is 0. The molecular weight excluding hydrogens is 433 g/mol. The van der Waals surface area contributed by atoms with Gasteiger partial charge in [0.2, 0.25) is 5.65 Å². The molecule has 2 heterocycles. The smallest absolute Gasteiger partial charge is 0.380 e. The van der Waals surface area contributed by atoms with Gasteiger partial charge in [-0.05, 0) is 6.92 Å². The lowest BCUT2D eigenvalue weighted by Crippen LogP contribution is -2.16. The Kier molecular flexibility index (Phi) is 6.49. The van der Waals surface area contributed by atoms with Crippen LogP contribution in [0, 0.1) is 0 Å². The van der Waals surface area contributed by atoms with E-state index in [0.717, 1.165) is 0 Å². The molecule has 2 aromatic heterocycles. The Hall–Kier alpha value is -1.31. The van der Waals surface area contributed by atoms with Gasteiger partial charge in [-0.15, -0.1) is 10.2 Å². The highest BCUT2D eigenvalue weighted by molar-refractivity contribution is 7.68. The first-order valence-corrected chi connectivity index (χ1v) is 11.6. The molecule has 27 heavy (non-hydrogen) atoms. The number of anilines is 1. The molecule has 6 N–H and O–H groups in total. The van der Waals surface area contributed by atoms with Crippen molar-refractivity contribution in [2.24, 2.45) is 0 Å². The molecule has 2 unspecified atom stereocenters. The molecule has 0 aliphatic rings. The maximum absolute atomic E-state index is 11.8. The Morgan fingerprint density at radius 2 is 1.85 bits per heavy atom. The average molecular weight is 448 g/mol. The van der Waals surface area contributed by atoms with Gasteiger partial charge in [0, 0.05) is 6.42 Å². The van der Waals surface area contributed by atoms with Crippen molar-refractivity contribution in [2.75, 3.05) is 12.1 Å². The van der Waals surface area contributed by atoms with E-state index < -0.39 is 35.7 Å². The first-order chi connectivity index (χ1) is 12.3. The highest BCUT2D eigenvalue weighted by Crippen LogP contribution is 2.65. The maximum Gasteiger partial charge on any atom is 0.488 e. The van der Waals surface area contributed by atoms with Crippen molar-refractivity contribution in [1.29, 1.82) is 0 Å². The van der Waals surface area contributed by atoms with Crippen LogP contribution in [0.15, 0.2) is 6.33 Å². The number of aromatic nitrogens is 5. The number of phosphoric acid groups is 2. The maximum atomic E-state index is 11.8. The fourth-order valence-corrected chi connectivity index (χ4v) is 5.17. The molecule has 0 aliphatic carbocycles. The molecule has 0 radical (unpaired) electrons. The molecule has 3 atom stereocenters. The molecule has 152 valence electrons. The summed E-state index contributed by atoms with van der Waals surface area (Å²) in [5.41, 5.74) is 5.81. The van der Waals surface area contributed by atoms with Gasteiger partial charge in [0.05, 0.1) is 6.10 Å². The Morgan fingerprint density at radius 3 is 2.48 bits per heavy atom. The van der Waals surface area contributed by atoms with Gasteiger partial charge >= 0.3 is 23.2 Å². The Bertz CT molecular complexity index is 960. The monoisotopic (exact) mass is 448 g/mol. The molecule has 0 aliphatic heterocycles. The normalized spacial score (nSPS) is 18.1. The Labute approximate surface area is 150 Å². The molecule has 0 fully saturated rings. The summed E-state index contributed by atoms with van der Waals surface area (Å²) in [7, 11) is -15.8. The number of rotatable bonds is 9. The van der Waals surface area contributed by atoms with Crippen molar-refractivity contribution in [2.45, 2.75) is 19.4 Å². The minimum Gasteiger partial charge on any atom is -0.380 e. The van der Waals surface area contributed by atoms with Crippen LogP contribution in [0.25, 0.3) is 5.65 Å². The van der Waals surface area contributed by atoms with E-state index in [4.69, 9.17) is 25.2 Å². The standard InChI is InChI=1S/C8H15N6O10P3/c1-5(2-6-12-13-8-7(9)10-3-11-14(6)8)22-4-25(15,16)23-27(20,21)24-26(17,18)19/h3,5H,2,4H2,1H3,(H,15,16)(H,20,21)(H2,9,10,11)(H2,17,18,19)/t5-/m1/s1. The second kappa shape index (κ2) is 7.97. The third kappa shape index (κ3) is 6.66. The van der Waals surface area contributed by atoms with E-state index in [-0.39, 0.29) is 23.7 Å². The van der Waals surface area contributed by atoms with Crippen LogP contribution in [0.1, 0.15) is 12.7 Å². The van der Waals surface area contributed by atoms with E-state index >= 15 is 0 Å². The molecule has 2 aromatic rings. The molecule has 0 bridgehead atoms. The number of nitrogen functional groups attached to an aromatic ring is 1. The van der Waals surface area contributed by atoms with Crippen LogP contribution >= 0.6 is 23.2 Å². The number of fused-ring (bicyclic) bond motifs is 1. The zero-order valence-electron chi connectivity index (χ0n) is 13.5. The van der Waals surface area contributed by atoms with Crippen molar-refractivity contribution in [1.82, 2.24) is 24.8 Å². The summed E-state index contributed by atoms with van der Waals surface area (Å²) < 4.78 is 47.3. The van der Waals surface area contributed by atoms with Crippen LogP contribution in [0.3, 0.4) is 0 Å². The lowest BCUT2D eigenvalue weighted by molar-refractivity contribution is 0.0859. The highest BCUT2D eigenvalue weighted by atomic mass is 31.3. The lowest BCUT2D eigenvalue weighted by atomic mass is 10.3. The first kappa shape index (κ1) is 22.0. The second-order valence-electron chi connectivity index (χ2n) is 5.07. The summed E-state index contributed by atoms with van der Waals surface area (Å²) in [5.74, 6) is 0.382. The van der Waals surface area contributed by atoms with E-state index in [1.807, 2.05) is 0 Å². The van der Waals surface area contributed by atoms with Gasteiger partial charge in [-0.1, -0.05) is 0 Å². The van der Waals surface area contributed by atoms with Crippen LogP contribution in [-0.2, 0) is 33.5 Å². The summed E-state index contributed by atoms with van der Waals surface area (Å²) in [6.45, 7) is 1.48. The first-order valence-electron chi connectivity index (χ1n) is 6.83. The minimum absolute atomic E-state index is 0.0490. The zero-order valence-corrected chi connectivity index (χ0v) is 16.1. The van der Waals surface area contributed by atoms with Crippen molar-refractivity contribution in [3.05, 3.63) is 12.2 Å². The molecule has 0 saturated carbocycles. The van der Waals surface area contributed by atoms with Gasteiger partial charge in [-0.3, -0.25) is 4.57 Å². The van der Waals surface area contributed by atoms with Gasteiger partial charge < -0.3 is 30.0 Å². The fraction of sp³-hybridized carbons (Fsp3) is 0.500. The second-order valence-corrected chi connectivity index (χ2v) is 9.83. The van der Waals surface area contributed by atoms with E-state index in [2.05, 4.69) is 28.9 Å². The predicted molar refractivity (Wildman–Crippen MR) is 86.0 cm³/mol. The summed E-state index contributed by atoms with van der Waals surface area (Å²) in [6.07, 6.45) is -0.612. The molecule has 0 spiro atoms. The molecule has 0 aromatic carbocycles. The highest BCUT2D eigenvalue weighted by Gasteiger charge is 2.39. The molecule has 0 amide bonds. The van der Waals surface area contributed by atoms with Crippen molar-refractivity contribution in [3.8, 4) is 0 Å². The van der Waals surface area contributed by atoms with Crippen molar-refractivity contribution >= 4 is 34.7 Å². The van der Waals surface area contributed by atoms with E-state index in [9.17, 15) is 18.6 Å². The van der Waals surface area contributed by atoms with Crippen LogP contribution < -0.4 is 5.73 Å². The molecule has 2 rings (SSSR count). The van der Waals surface area contributed by atoms with Gasteiger partial charge in [0.1, 0.15) is 12.7 Å².